The van der Waals surface area contributed by atoms with Crippen molar-refractivity contribution >= 4 is 11.9 Å². The second kappa shape index (κ2) is 6.97. The molecule has 1 fully saturated rings. The number of nitrogens with one attached hydrogen (secondary N) is 1. The number of hydrogen-bond acceptors (Lipinski definition) is 5. The Morgan fingerprint density at radius 2 is 2.04 bits per heavy atom. The molecule has 0 bridgehead atoms. The van der Waals surface area contributed by atoms with Crippen molar-refractivity contribution < 1.29 is 22.8 Å². The highest BCUT2D eigenvalue weighted by Crippen LogP contribution is 2.31. The summed E-state index contributed by atoms with van der Waals surface area (Å²) in [5.41, 5.74) is -0.865. The molecule has 27 heavy (non-hydrogen) atoms. The Morgan fingerprint density at radius 3 is 2.67 bits per heavy atom. The average Bonchev–Trinajstić information content (AvgIpc) is 3.15. The van der Waals surface area contributed by atoms with Gasteiger partial charge in [0.2, 0.25) is 0 Å². The summed E-state index contributed by atoms with van der Waals surface area (Å²) in [4.78, 5) is 28.7. The summed E-state index contributed by atoms with van der Waals surface area (Å²) in [5, 5.41) is 10.3. The van der Waals surface area contributed by atoms with Crippen molar-refractivity contribution in [1.82, 2.24) is 30.2 Å². The Bertz CT molecular complexity index is 864. The molecule has 0 saturated carbocycles. The van der Waals surface area contributed by atoms with Crippen LogP contribution in [0.5, 0.6) is 0 Å². The van der Waals surface area contributed by atoms with Gasteiger partial charge in [0.1, 0.15) is 11.7 Å². The molecule has 0 aliphatic carbocycles. The summed E-state index contributed by atoms with van der Waals surface area (Å²) in [6.07, 6.45) is -1.90. The van der Waals surface area contributed by atoms with Crippen LogP contribution >= 0.6 is 0 Å². The molecule has 1 saturated heterocycles. The van der Waals surface area contributed by atoms with Crippen molar-refractivity contribution in [3.63, 3.8) is 0 Å². The molecule has 2 aromatic rings. The largest absolute Gasteiger partial charge is 0.433 e. The Balaban J connectivity index is 1.75. The number of pyridine rings is 1. The topological polar surface area (TPSA) is 93.0 Å². The minimum Gasteiger partial charge on any atom is -0.325 e. The van der Waals surface area contributed by atoms with Crippen LogP contribution in [-0.4, -0.2) is 42.9 Å². The monoisotopic (exact) mass is 382 g/mol. The first-order valence-corrected chi connectivity index (χ1v) is 8.20. The lowest BCUT2D eigenvalue weighted by Gasteiger charge is -2.16. The second-order valence-corrected chi connectivity index (χ2v) is 6.42. The van der Waals surface area contributed by atoms with Gasteiger partial charge in [0, 0.05) is 30.4 Å². The SMILES string of the molecule is CC(C)n1cc(CC2NC(=O)N(Cc3cccnc3C(F)(F)F)C2=O)nn1. The third-order valence-corrected chi connectivity index (χ3v) is 4.10. The Labute approximate surface area is 152 Å². The third kappa shape index (κ3) is 3.91. The first kappa shape index (κ1) is 18.8. The van der Waals surface area contributed by atoms with Crippen LogP contribution in [0.15, 0.2) is 24.5 Å². The van der Waals surface area contributed by atoms with Crippen molar-refractivity contribution in [2.24, 2.45) is 0 Å². The Morgan fingerprint density at radius 1 is 1.30 bits per heavy atom. The first-order valence-electron chi connectivity index (χ1n) is 8.20. The standard InChI is InChI=1S/C16H17F3N6O2/c1-9(2)25-8-11(22-23-25)6-12-14(26)24(15(27)21-12)7-10-4-3-5-20-13(10)16(17,18)19/h3-5,8-9,12H,6-7H2,1-2H3,(H,21,27). The lowest BCUT2D eigenvalue weighted by Crippen LogP contribution is -2.33. The number of aromatic nitrogens is 4. The molecule has 0 radical (unpaired) electrons. The van der Waals surface area contributed by atoms with E-state index >= 15 is 0 Å². The molecule has 1 atom stereocenters. The van der Waals surface area contributed by atoms with E-state index in [9.17, 15) is 22.8 Å². The molecule has 3 rings (SSSR count). The smallest absolute Gasteiger partial charge is 0.325 e. The fourth-order valence-electron chi connectivity index (χ4n) is 2.73. The summed E-state index contributed by atoms with van der Waals surface area (Å²) in [6.45, 7) is 3.31. The van der Waals surface area contributed by atoms with Crippen LogP contribution < -0.4 is 5.32 Å². The summed E-state index contributed by atoms with van der Waals surface area (Å²) < 4.78 is 40.8. The average molecular weight is 382 g/mol. The molecular formula is C16H17F3N6O2. The maximum Gasteiger partial charge on any atom is 0.433 e. The van der Waals surface area contributed by atoms with E-state index in [2.05, 4.69) is 20.6 Å². The van der Waals surface area contributed by atoms with Gasteiger partial charge in [-0.3, -0.25) is 14.7 Å². The van der Waals surface area contributed by atoms with Gasteiger partial charge in [0.25, 0.3) is 5.91 Å². The summed E-state index contributed by atoms with van der Waals surface area (Å²) in [6, 6.07) is 0.949. The van der Waals surface area contributed by atoms with E-state index in [0.717, 1.165) is 11.1 Å². The minimum absolute atomic E-state index is 0.0861. The van der Waals surface area contributed by atoms with Gasteiger partial charge in [-0.05, 0) is 19.9 Å². The highest BCUT2D eigenvalue weighted by molar-refractivity contribution is 6.04. The molecule has 144 valence electrons. The molecule has 0 spiro atoms. The highest BCUT2D eigenvalue weighted by atomic mass is 19.4. The number of halogens is 3. The molecule has 1 unspecified atom stereocenters. The molecule has 2 aromatic heterocycles. The predicted octanol–water partition coefficient (Wildman–Crippen LogP) is 1.94. The maximum absolute atomic E-state index is 13.1. The van der Waals surface area contributed by atoms with Crippen molar-refractivity contribution in [3.8, 4) is 0 Å². The Hall–Kier alpha value is -2.98. The molecule has 1 aliphatic rings. The fourth-order valence-corrected chi connectivity index (χ4v) is 2.73. The van der Waals surface area contributed by atoms with Crippen LogP contribution in [0.2, 0.25) is 0 Å². The summed E-state index contributed by atoms with van der Waals surface area (Å²) >= 11 is 0. The number of carbonyl (C=O) groups is 2. The minimum atomic E-state index is -4.68. The van der Waals surface area contributed by atoms with Crippen molar-refractivity contribution in [2.75, 3.05) is 0 Å². The van der Waals surface area contributed by atoms with Crippen molar-refractivity contribution in [3.05, 3.63) is 41.5 Å². The second-order valence-electron chi connectivity index (χ2n) is 6.42. The quantitative estimate of drug-likeness (QED) is 0.798. The van der Waals surface area contributed by atoms with Gasteiger partial charge in [-0.1, -0.05) is 11.3 Å². The molecule has 11 heteroatoms. The van der Waals surface area contributed by atoms with Crippen LogP contribution in [0.4, 0.5) is 18.0 Å². The number of rotatable bonds is 5. The van der Waals surface area contributed by atoms with E-state index in [1.807, 2.05) is 13.8 Å². The number of nitrogens with zero attached hydrogens (tertiary/aromatic N) is 5. The summed E-state index contributed by atoms with van der Waals surface area (Å²) in [5.74, 6) is -0.615. The van der Waals surface area contributed by atoms with Gasteiger partial charge in [-0.2, -0.15) is 13.2 Å². The maximum atomic E-state index is 13.1. The van der Waals surface area contributed by atoms with E-state index in [0.29, 0.717) is 5.69 Å². The van der Waals surface area contributed by atoms with Crippen LogP contribution in [-0.2, 0) is 23.9 Å². The molecule has 3 amide bonds. The first-order chi connectivity index (χ1) is 12.7. The fraction of sp³-hybridized carbons (Fsp3) is 0.438. The van der Waals surface area contributed by atoms with Crippen LogP contribution in [0, 0.1) is 0 Å². The van der Waals surface area contributed by atoms with Gasteiger partial charge in [-0.15, -0.1) is 5.10 Å². The molecule has 3 heterocycles. The van der Waals surface area contributed by atoms with Crippen LogP contribution in [0.1, 0.15) is 36.8 Å². The predicted molar refractivity (Wildman–Crippen MR) is 86.2 cm³/mol. The molecule has 0 aromatic carbocycles. The van der Waals surface area contributed by atoms with Crippen LogP contribution in [0.25, 0.3) is 0 Å². The number of imide groups is 1. The van der Waals surface area contributed by atoms with Gasteiger partial charge in [0.05, 0.1) is 12.2 Å². The zero-order valence-corrected chi connectivity index (χ0v) is 14.6. The number of carbonyl (C=O) groups excluding carboxylic acids is 2. The van der Waals surface area contributed by atoms with Crippen LogP contribution in [0.3, 0.4) is 0 Å². The number of alkyl halides is 3. The van der Waals surface area contributed by atoms with Gasteiger partial charge >= 0.3 is 12.2 Å². The molecule has 1 N–H and O–H groups in total. The van der Waals surface area contributed by atoms with Gasteiger partial charge < -0.3 is 5.32 Å². The Kier molecular flexibility index (Phi) is 4.85. The highest BCUT2D eigenvalue weighted by Gasteiger charge is 2.41. The molecular weight excluding hydrogens is 365 g/mol. The van der Waals surface area contributed by atoms with Crippen molar-refractivity contribution in [1.29, 1.82) is 0 Å². The number of urea groups is 1. The van der Waals surface area contributed by atoms with Crippen molar-refractivity contribution in [2.45, 2.75) is 45.1 Å². The van der Waals surface area contributed by atoms with Gasteiger partial charge in [-0.25, -0.2) is 9.48 Å². The zero-order chi connectivity index (χ0) is 19.8. The van der Waals surface area contributed by atoms with E-state index in [1.165, 1.54) is 12.1 Å². The number of hydrogen-bond donors (Lipinski definition) is 1. The zero-order valence-electron chi connectivity index (χ0n) is 14.6. The lowest BCUT2D eigenvalue weighted by molar-refractivity contribution is -0.142. The van der Waals surface area contributed by atoms with E-state index in [4.69, 9.17) is 0 Å². The normalized spacial score (nSPS) is 17.7. The lowest BCUT2D eigenvalue weighted by atomic mass is 10.1. The molecule has 1 aliphatic heterocycles. The van der Waals surface area contributed by atoms with E-state index < -0.39 is 36.4 Å². The van der Waals surface area contributed by atoms with E-state index in [1.54, 1.807) is 10.9 Å². The third-order valence-electron chi connectivity index (χ3n) is 4.10. The summed E-state index contributed by atoms with van der Waals surface area (Å²) in [7, 11) is 0. The molecule has 8 nitrogen and oxygen atoms in total. The van der Waals surface area contributed by atoms with E-state index in [-0.39, 0.29) is 18.0 Å². The number of amides is 3. The van der Waals surface area contributed by atoms with Gasteiger partial charge in [0.15, 0.2) is 0 Å².